The summed E-state index contributed by atoms with van der Waals surface area (Å²) in [4.78, 5) is 15.1. The first-order chi connectivity index (χ1) is 11.3. The zero-order chi connectivity index (χ0) is 17.9. The molecule has 0 amide bonds. The van der Waals surface area contributed by atoms with Gasteiger partial charge in [-0.15, -0.1) is 0 Å². The molecule has 2 rings (SSSR count). The Morgan fingerprint density at radius 3 is 2.58 bits per heavy atom. The van der Waals surface area contributed by atoms with Crippen LogP contribution in [-0.2, 0) is 11.2 Å². The monoisotopic (exact) mass is 331 g/mol. The van der Waals surface area contributed by atoms with Crippen molar-refractivity contribution in [3.63, 3.8) is 0 Å². The zero-order valence-electron chi connectivity index (χ0n) is 14.9. The van der Waals surface area contributed by atoms with Crippen LogP contribution in [0.4, 0.5) is 0 Å². The van der Waals surface area contributed by atoms with Crippen LogP contribution in [0.5, 0.6) is 5.75 Å². The van der Waals surface area contributed by atoms with Crippen LogP contribution in [0.3, 0.4) is 0 Å². The molecule has 1 aromatic carbocycles. The SMILES string of the molecule is Cc1nc(C(C)C)c(C(C)Oc2ccc(CCC(=O)O)c(C)c2)o1. The van der Waals surface area contributed by atoms with E-state index in [0.717, 1.165) is 28.3 Å². The van der Waals surface area contributed by atoms with Gasteiger partial charge in [-0.1, -0.05) is 19.9 Å². The van der Waals surface area contributed by atoms with Crippen molar-refractivity contribution >= 4 is 5.97 Å². The third kappa shape index (κ3) is 4.37. The predicted octanol–water partition coefficient (Wildman–Crippen LogP) is 4.57. The Morgan fingerprint density at radius 1 is 1.29 bits per heavy atom. The van der Waals surface area contributed by atoms with E-state index in [1.807, 2.05) is 39.0 Å². The second-order valence-electron chi connectivity index (χ2n) is 6.38. The van der Waals surface area contributed by atoms with E-state index in [9.17, 15) is 4.79 Å². The van der Waals surface area contributed by atoms with E-state index in [2.05, 4.69) is 18.8 Å². The molecule has 0 fully saturated rings. The highest BCUT2D eigenvalue weighted by Gasteiger charge is 2.21. The van der Waals surface area contributed by atoms with Crippen molar-refractivity contribution in [1.82, 2.24) is 4.98 Å². The van der Waals surface area contributed by atoms with Crippen LogP contribution in [-0.4, -0.2) is 16.1 Å². The van der Waals surface area contributed by atoms with Crippen molar-refractivity contribution in [2.24, 2.45) is 0 Å². The van der Waals surface area contributed by atoms with E-state index in [0.29, 0.717) is 12.3 Å². The fraction of sp³-hybridized carbons (Fsp3) is 0.474. The second kappa shape index (κ2) is 7.51. The summed E-state index contributed by atoms with van der Waals surface area (Å²) in [6, 6.07) is 5.74. The molecule has 0 spiro atoms. The molecule has 24 heavy (non-hydrogen) atoms. The minimum Gasteiger partial charge on any atom is -0.483 e. The average molecular weight is 331 g/mol. The second-order valence-corrected chi connectivity index (χ2v) is 6.38. The molecule has 5 heteroatoms. The Balaban J connectivity index is 2.13. The predicted molar refractivity (Wildman–Crippen MR) is 91.5 cm³/mol. The number of aliphatic carboxylic acids is 1. The summed E-state index contributed by atoms with van der Waals surface area (Å²) in [6.07, 6.45) is 0.412. The van der Waals surface area contributed by atoms with Gasteiger partial charge in [0, 0.05) is 13.3 Å². The summed E-state index contributed by atoms with van der Waals surface area (Å²) < 4.78 is 11.7. The first kappa shape index (κ1) is 18.0. The molecule has 1 aromatic heterocycles. The molecular weight excluding hydrogens is 306 g/mol. The van der Waals surface area contributed by atoms with E-state index in [1.54, 1.807) is 0 Å². The minimum absolute atomic E-state index is 0.131. The zero-order valence-corrected chi connectivity index (χ0v) is 14.9. The van der Waals surface area contributed by atoms with Gasteiger partial charge in [-0.3, -0.25) is 4.79 Å². The largest absolute Gasteiger partial charge is 0.483 e. The summed E-state index contributed by atoms with van der Waals surface area (Å²) in [7, 11) is 0. The van der Waals surface area contributed by atoms with Gasteiger partial charge < -0.3 is 14.3 Å². The van der Waals surface area contributed by atoms with Crippen molar-refractivity contribution in [2.75, 3.05) is 0 Å². The Bertz CT molecular complexity index is 718. The number of aryl methyl sites for hydroxylation is 3. The molecule has 0 aliphatic carbocycles. The number of carboxylic acids is 1. The van der Waals surface area contributed by atoms with Crippen molar-refractivity contribution < 1.29 is 19.1 Å². The quantitative estimate of drug-likeness (QED) is 0.804. The van der Waals surface area contributed by atoms with E-state index in [4.69, 9.17) is 14.3 Å². The Hall–Kier alpha value is -2.30. The van der Waals surface area contributed by atoms with Crippen molar-refractivity contribution in [3.8, 4) is 5.75 Å². The lowest BCUT2D eigenvalue weighted by atomic mass is 10.0. The van der Waals surface area contributed by atoms with Gasteiger partial charge >= 0.3 is 5.97 Å². The van der Waals surface area contributed by atoms with Gasteiger partial charge in [-0.05, 0) is 49.4 Å². The van der Waals surface area contributed by atoms with Gasteiger partial charge in [0.25, 0.3) is 0 Å². The van der Waals surface area contributed by atoms with Crippen LogP contribution >= 0.6 is 0 Å². The Morgan fingerprint density at radius 2 is 2.00 bits per heavy atom. The number of rotatable bonds is 7. The van der Waals surface area contributed by atoms with Crippen LogP contribution in [0.25, 0.3) is 0 Å². The highest BCUT2D eigenvalue weighted by molar-refractivity contribution is 5.67. The molecular formula is C19H25NO4. The number of ether oxygens (including phenoxy) is 1. The molecule has 2 aromatic rings. The maximum Gasteiger partial charge on any atom is 0.303 e. The van der Waals surface area contributed by atoms with Gasteiger partial charge in [-0.2, -0.15) is 0 Å². The van der Waals surface area contributed by atoms with Crippen LogP contribution in [0.15, 0.2) is 22.6 Å². The first-order valence-corrected chi connectivity index (χ1v) is 8.23. The highest BCUT2D eigenvalue weighted by atomic mass is 16.5. The number of oxazole rings is 1. The van der Waals surface area contributed by atoms with Gasteiger partial charge in [0.2, 0.25) is 0 Å². The normalized spacial score (nSPS) is 12.4. The summed E-state index contributed by atoms with van der Waals surface area (Å²) in [6.45, 7) is 9.90. The number of hydrogen-bond donors (Lipinski definition) is 1. The van der Waals surface area contributed by atoms with E-state index in [1.165, 1.54) is 0 Å². The average Bonchev–Trinajstić information content (AvgIpc) is 2.88. The molecule has 1 heterocycles. The Labute approximate surface area is 142 Å². The molecule has 1 atom stereocenters. The van der Waals surface area contributed by atoms with Gasteiger partial charge in [0.1, 0.15) is 5.75 Å². The maximum absolute atomic E-state index is 10.7. The van der Waals surface area contributed by atoms with Crippen molar-refractivity contribution in [1.29, 1.82) is 0 Å². The molecule has 0 aliphatic heterocycles. The van der Waals surface area contributed by atoms with Crippen LogP contribution in [0.1, 0.15) is 67.7 Å². The first-order valence-electron chi connectivity index (χ1n) is 8.23. The molecule has 1 N–H and O–H groups in total. The topological polar surface area (TPSA) is 72.6 Å². The van der Waals surface area contributed by atoms with Crippen LogP contribution in [0, 0.1) is 13.8 Å². The highest BCUT2D eigenvalue weighted by Crippen LogP contribution is 2.30. The molecule has 1 unspecified atom stereocenters. The number of benzene rings is 1. The summed E-state index contributed by atoms with van der Waals surface area (Å²) in [5, 5.41) is 8.80. The summed E-state index contributed by atoms with van der Waals surface area (Å²) in [5.41, 5.74) is 2.98. The number of nitrogens with zero attached hydrogens (tertiary/aromatic N) is 1. The number of aromatic nitrogens is 1. The standard InChI is InChI=1S/C19H25NO4/c1-11(2)18-19(24-14(5)20-18)13(4)23-16-8-6-15(12(3)10-16)7-9-17(21)22/h6,8,10-11,13H,7,9H2,1-5H3,(H,21,22). The third-order valence-corrected chi connectivity index (χ3v) is 3.94. The smallest absolute Gasteiger partial charge is 0.303 e. The van der Waals surface area contributed by atoms with E-state index >= 15 is 0 Å². The molecule has 5 nitrogen and oxygen atoms in total. The van der Waals surface area contributed by atoms with Crippen molar-refractivity contribution in [3.05, 3.63) is 46.7 Å². The number of carboxylic acid groups (broad SMARTS) is 1. The third-order valence-electron chi connectivity index (χ3n) is 3.94. The van der Waals surface area contributed by atoms with Crippen molar-refractivity contribution in [2.45, 2.75) is 59.5 Å². The van der Waals surface area contributed by atoms with Crippen LogP contribution in [0.2, 0.25) is 0 Å². The lowest BCUT2D eigenvalue weighted by Gasteiger charge is -2.16. The summed E-state index contributed by atoms with van der Waals surface area (Å²) >= 11 is 0. The molecule has 0 aliphatic rings. The van der Waals surface area contributed by atoms with Crippen LogP contribution < -0.4 is 4.74 Å². The van der Waals surface area contributed by atoms with Gasteiger partial charge in [-0.25, -0.2) is 4.98 Å². The molecule has 0 radical (unpaired) electrons. The molecule has 0 bridgehead atoms. The lowest BCUT2D eigenvalue weighted by Crippen LogP contribution is -2.06. The molecule has 0 saturated heterocycles. The lowest BCUT2D eigenvalue weighted by molar-refractivity contribution is -0.136. The maximum atomic E-state index is 10.7. The van der Waals surface area contributed by atoms with E-state index in [-0.39, 0.29) is 18.4 Å². The molecule has 130 valence electrons. The van der Waals surface area contributed by atoms with E-state index < -0.39 is 5.97 Å². The number of hydrogen-bond acceptors (Lipinski definition) is 4. The minimum atomic E-state index is -0.787. The molecule has 0 saturated carbocycles. The van der Waals surface area contributed by atoms with Gasteiger partial charge in [0.05, 0.1) is 5.69 Å². The fourth-order valence-corrected chi connectivity index (χ4v) is 2.69. The Kier molecular flexibility index (Phi) is 5.65. The number of carbonyl (C=O) groups is 1. The fourth-order valence-electron chi connectivity index (χ4n) is 2.69. The summed E-state index contributed by atoms with van der Waals surface area (Å²) in [5.74, 6) is 1.62. The van der Waals surface area contributed by atoms with Gasteiger partial charge in [0.15, 0.2) is 17.8 Å².